The lowest BCUT2D eigenvalue weighted by Gasteiger charge is -2.27. The number of hydrogen-bond donors (Lipinski definition) is 1. The van der Waals surface area contributed by atoms with Crippen LogP contribution in [-0.2, 0) is 6.42 Å². The molecule has 1 heterocycles. The van der Waals surface area contributed by atoms with E-state index in [0.717, 1.165) is 24.4 Å². The molecule has 0 saturated carbocycles. The number of anilines is 1. The third kappa shape index (κ3) is 2.26. The van der Waals surface area contributed by atoms with Gasteiger partial charge in [0.15, 0.2) is 0 Å². The van der Waals surface area contributed by atoms with Gasteiger partial charge in [-0.15, -0.1) is 0 Å². The van der Waals surface area contributed by atoms with Gasteiger partial charge >= 0.3 is 0 Å². The van der Waals surface area contributed by atoms with Gasteiger partial charge in [0.2, 0.25) is 0 Å². The molecule has 2 nitrogen and oxygen atoms in total. The van der Waals surface area contributed by atoms with E-state index in [2.05, 4.69) is 29.6 Å². The molecule has 2 aromatic rings. The van der Waals surface area contributed by atoms with Gasteiger partial charge in [0.25, 0.3) is 0 Å². The highest BCUT2D eigenvalue weighted by Crippen LogP contribution is 2.28. The first-order valence-electron chi connectivity index (χ1n) is 5.95. The molecule has 3 rings (SSSR count). The standard InChI is InChI=1S/C15H15NO/c1-2-6-12(7-3-1)10-13-11-16-14-8-4-5-9-15(14)17-13/h1-9,13,16H,10-11H2. The van der Waals surface area contributed by atoms with Crippen molar-refractivity contribution in [2.45, 2.75) is 12.5 Å². The summed E-state index contributed by atoms with van der Waals surface area (Å²) in [6.07, 6.45) is 1.16. The lowest BCUT2D eigenvalue weighted by Crippen LogP contribution is -2.32. The molecular formula is C15H15NO. The van der Waals surface area contributed by atoms with E-state index in [9.17, 15) is 0 Å². The maximum atomic E-state index is 5.97. The van der Waals surface area contributed by atoms with Gasteiger partial charge in [-0.05, 0) is 17.7 Å². The Bertz CT molecular complexity index is 495. The number of fused-ring (bicyclic) bond motifs is 1. The lowest BCUT2D eigenvalue weighted by molar-refractivity contribution is 0.206. The number of para-hydroxylation sites is 2. The Morgan fingerprint density at radius 2 is 1.76 bits per heavy atom. The highest BCUT2D eigenvalue weighted by molar-refractivity contribution is 5.57. The molecule has 0 spiro atoms. The number of benzene rings is 2. The van der Waals surface area contributed by atoms with Crippen molar-refractivity contribution < 1.29 is 4.74 Å². The SMILES string of the molecule is c1ccc(CC2CNc3ccccc3O2)cc1. The predicted octanol–water partition coefficient (Wildman–Crippen LogP) is 3.10. The van der Waals surface area contributed by atoms with Crippen LogP contribution in [0.2, 0.25) is 0 Å². The van der Waals surface area contributed by atoms with Gasteiger partial charge in [0, 0.05) is 6.42 Å². The number of rotatable bonds is 2. The van der Waals surface area contributed by atoms with Crippen LogP contribution in [0.3, 0.4) is 0 Å². The Kier molecular flexibility index (Phi) is 2.70. The molecule has 1 atom stereocenters. The van der Waals surface area contributed by atoms with Crippen molar-refractivity contribution in [3.05, 3.63) is 60.2 Å². The Hall–Kier alpha value is -1.96. The zero-order valence-corrected chi connectivity index (χ0v) is 9.60. The molecule has 1 aliphatic rings. The predicted molar refractivity (Wildman–Crippen MR) is 69.5 cm³/mol. The van der Waals surface area contributed by atoms with Gasteiger partial charge in [0.05, 0.1) is 12.2 Å². The maximum Gasteiger partial charge on any atom is 0.142 e. The summed E-state index contributed by atoms with van der Waals surface area (Å²) in [5.74, 6) is 0.958. The van der Waals surface area contributed by atoms with E-state index in [1.807, 2.05) is 30.3 Å². The van der Waals surface area contributed by atoms with Crippen molar-refractivity contribution >= 4 is 5.69 Å². The molecular weight excluding hydrogens is 210 g/mol. The van der Waals surface area contributed by atoms with Crippen LogP contribution < -0.4 is 10.1 Å². The first kappa shape index (κ1) is 10.2. The van der Waals surface area contributed by atoms with Crippen molar-refractivity contribution in [3.8, 4) is 5.75 Å². The molecule has 0 fully saturated rings. The van der Waals surface area contributed by atoms with Crippen molar-refractivity contribution in [2.75, 3.05) is 11.9 Å². The van der Waals surface area contributed by atoms with Crippen molar-refractivity contribution in [1.29, 1.82) is 0 Å². The summed E-state index contributed by atoms with van der Waals surface area (Å²) in [7, 11) is 0. The molecule has 2 aromatic carbocycles. The molecule has 0 radical (unpaired) electrons. The number of ether oxygens (including phenoxy) is 1. The fraction of sp³-hybridized carbons (Fsp3) is 0.200. The zero-order chi connectivity index (χ0) is 11.5. The normalized spacial score (nSPS) is 17.8. The van der Waals surface area contributed by atoms with Crippen LogP contribution in [0.25, 0.3) is 0 Å². The molecule has 0 saturated heterocycles. The van der Waals surface area contributed by atoms with Crippen LogP contribution in [-0.4, -0.2) is 12.6 Å². The maximum absolute atomic E-state index is 5.97. The third-order valence-corrected chi connectivity index (χ3v) is 3.01. The van der Waals surface area contributed by atoms with E-state index >= 15 is 0 Å². The molecule has 1 aliphatic heterocycles. The fourth-order valence-corrected chi connectivity index (χ4v) is 2.15. The highest BCUT2D eigenvalue weighted by atomic mass is 16.5. The monoisotopic (exact) mass is 225 g/mol. The molecule has 86 valence electrons. The van der Waals surface area contributed by atoms with Crippen molar-refractivity contribution in [1.82, 2.24) is 0 Å². The van der Waals surface area contributed by atoms with Gasteiger partial charge in [-0.25, -0.2) is 0 Å². The number of nitrogens with one attached hydrogen (secondary N) is 1. The van der Waals surface area contributed by atoms with Gasteiger partial charge in [-0.1, -0.05) is 42.5 Å². The molecule has 1 unspecified atom stereocenters. The van der Waals surface area contributed by atoms with E-state index in [-0.39, 0.29) is 6.10 Å². The van der Waals surface area contributed by atoms with Crippen LogP contribution in [0.1, 0.15) is 5.56 Å². The van der Waals surface area contributed by atoms with Crippen LogP contribution in [0.4, 0.5) is 5.69 Å². The van der Waals surface area contributed by atoms with Crippen LogP contribution in [0, 0.1) is 0 Å². The largest absolute Gasteiger partial charge is 0.486 e. The molecule has 17 heavy (non-hydrogen) atoms. The summed E-state index contributed by atoms with van der Waals surface area (Å²) in [6, 6.07) is 18.6. The van der Waals surface area contributed by atoms with Gasteiger partial charge in [0.1, 0.15) is 11.9 Å². The summed E-state index contributed by atoms with van der Waals surface area (Å²) in [5, 5.41) is 3.41. The minimum atomic E-state index is 0.215. The van der Waals surface area contributed by atoms with Gasteiger partial charge < -0.3 is 10.1 Å². The topological polar surface area (TPSA) is 21.3 Å². The van der Waals surface area contributed by atoms with Gasteiger partial charge in [-0.2, -0.15) is 0 Å². The molecule has 0 aliphatic carbocycles. The second-order valence-corrected chi connectivity index (χ2v) is 4.31. The fourth-order valence-electron chi connectivity index (χ4n) is 2.15. The minimum Gasteiger partial charge on any atom is -0.486 e. The zero-order valence-electron chi connectivity index (χ0n) is 9.60. The average molecular weight is 225 g/mol. The number of hydrogen-bond acceptors (Lipinski definition) is 2. The Morgan fingerprint density at radius 1 is 1.00 bits per heavy atom. The second kappa shape index (κ2) is 4.50. The summed E-state index contributed by atoms with van der Waals surface area (Å²) in [5.41, 5.74) is 2.41. The minimum absolute atomic E-state index is 0.215. The van der Waals surface area contributed by atoms with Gasteiger partial charge in [-0.3, -0.25) is 0 Å². The van der Waals surface area contributed by atoms with Crippen LogP contribution in [0.15, 0.2) is 54.6 Å². The van der Waals surface area contributed by atoms with Crippen molar-refractivity contribution in [3.63, 3.8) is 0 Å². The highest BCUT2D eigenvalue weighted by Gasteiger charge is 2.18. The van der Waals surface area contributed by atoms with Crippen LogP contribution >= 0.6 is 0 Å². The Balaban J connectivity index is 1.72. The average Bonchev–Trinajstić information content (AvgIpc) is 2.40. The molecule has 0 amide bonds. The molecule has 2 heteroatoms. The summed E-state index contributed by atoms with van der Waals surface area (Å²) in [4.78, 5) is 0. The molecule has 0 aromatic heterocycles. The van der Waals surface area contributed by atoms with E-state index in [1.165, 1.54) is 5.56 Å². The third-order valence-electron chi connectivity index (χ3n) is 3.01. The lowest BCUT2D eigenvalue weighted by atomic mass is 10.1. The first-order valence-corrected chi connectivity index (χ1v) is 5.95. The first-order chi connectivity index (χ1) is 8.42. The smallest absolute Gasteiger partial charge is 0.142 e. The van der Waals surface area contributed by atoms with E-state index in [4.69, 9.17) is 4.74 Å². The quantitative estimate of drug-likeness (QED) is 0.848. The summed E-state index contributed by atoms with van der Waals surface area (Å²) >= 11 is 0. The van der Waals surface area contributed by atoms with E-state index < -0.39 is 0 Å². The second-order valence-electron chi connectivity index (χ2n) is 4.31. The molecule has 0 bridgehead atoms. The van der Waals surface area contributed by atoms with Crippen LogP contribution in [0.5, 0.6) is 5.75 Å². The van der Waals surface area contributed by atoms with Crippen molar-refractivity contribution in [2.24, 2.45) is 0 Å². The summed E-state index contributed by atoms with van der Waals surface area (Å²) < 4.78 is 5.97. The summed E-state index contributed by atoms with van der Waals surface area (Å²) in [6.45, 7) is 0.867. The molecule has 1 N–H and O–H groups in total. The Labute approximate surface area is 101 Å². The van der Waals surface area contributed by atoms with E-state index in [1.54, 1.807) is 0 Å². The van der Waals surface area contributed by atoms with E-state index in [0.29, 0.717) is 0 Å². The Morgan fingerprint density at radius 3 is 2.65 bits per heavy atom.